The summed E-state index contributed by atoms with van der Waals surface area (Å²) in [4.78, 5) is 13.9. The molecule has 3 aliphatic rings. The fraction of sp³-hybridized carbons (Fsp3) is 0.349. The fourth-order valence-corrected chi connectivity index (χ4v) is 9.10. The van der Waals surface area contributed by atoms with Gasteiger partial charge in [-0.1, -0.05) is 74.5 Å². The van der Waals surface area contributed by atoms with Crippen LogP contribution in [0.2, 0.25) is 0 Å². The summed E-state index contributed by atoms with van der Waals surface area (Å²) < 4.78 is 41.4. The third-order valence-electron chi connectivity index (χ3n) is 10.9. The van der Waals surface area contributed by atoms with Crippen molar-refractivity contribution in [3.63, 3.8) is 0 Å². The van der Waals surface area contributed by atoms with E-state index in [4.69, 9.17) is 0 Å². The van der Waals surface area contributed by atoms with E-state index in [-0.39, 0.29) is 52.4 Å². The SMILES string of the molecule is CC1(C)C(/C=C/C2=C(c3ccc(C(=O)O)cc3)C(=C/C=C3/N(CCCS(=O)(=O)[O-])c4ccccc4C3(C)C)/CCC2)=[N+](CCCSOO[O-])c2ccccc21.[Na+]. The molecule has 0 saturated heterocycles. The van der Waals surface area contributed by atoms with Gasteiger partial charge in [0.15, 0.2) is 5.71 Å². The molecule has 290 valence electrons. The topological polar surface area (TPSA) is 142 Å². The fourth-order valence-electron chi connectivity index (χ4n) is 8.27. The molecule has 0 unspecified atom stereocenters. The van der Waals surface area contributed by atoms with Gasteiger partial charge in [0.1, 0.15) is 6.54 Å². The first kappa shape index (κ1) is 43.8. The van der Waals surface area contributed by atoms with E-state index in [1.807, 2.05) is 36.4 Å². The smallest absolute Gasteiger partial charge is 0.748 e. The second kappa shape index (κ2) is 18.5. The summed E-state index contributed by atoms with van der Waals surface area (Å²) in [7, 11) is -4.35. The van der Waals surface area contributed by atoms with Crippen molar-refractivity contribution in [2.45, 2.75) is 70.6 Å². The van der Waals surface area contributed by atoms with Crippen LogP contribution in [0.4, 0.5) is 11.4 Å². The van der Waals surface area contributed by atoms with E-state index in [1.165, 1.54) is 5.56 Å². The Balaban J connectivity index is 0.00000600. The molecule has 1 N–H and O–H groups in total. The molecule has 1 aliphatic carbocycles. The van der Waals surface area contributed by atoms with Crippen LogP contribution < -0.4 is 39.7 Å². The molecule has 2 heterocycles. The number of carboxylic acid groups (broad SMARTS) is 1. The Hall–Kier alpha value is -3.30. The standard InChI is InChI=1S/C43H48N2O8S2.Na/c1-42(2)34-14-5-7-16-36(34)44(26-10-28-54-53-52-48)38(42)24-22-30-12-9-13-31(40(30)32-18-20-33(21-19-32)41(46)47)23-25-39-43(3,4)35-15-6-8-17-37(35)45(39)27-11-29-55(49,50)51;/h5-8,14-25H,9-13,26-29H2,1-4H3,(H2-,46,47,48,49,50,51);/q;+1/p-1. The summed E-state index contributed by atoms with van der Waals surface area (Å²) in [5, 5.41) is 23.5. The minimum absolute atomic E-state index is 0. The van der Waals surface area contributed by atoms with Crippen LogP contribution in [-0.4, -0.2) is 58.9 Å². The van der Waals surface area contributed by atoms with Crippen molar-refractivity contribution >= 4 is 50.8 Å². The normalized spacial score (nSPS) is 18.9. The van der Waals surface area contributed by atoms with E-state index < -0.39 is 21.8 Å². The van der Waals surface area contributed by atoms with Crippen LogP contribution >= 0.6 is 12.0 Å². The zero-order valence-corrected chi connectivity index (χ0v) is 36.3. The van der Waals surface area contributed by atoms with Gasteiger partial charge in [0, 0.05) is 71.0 Å². The predicted octanol–water partition coefficient (Wildman–Crippen LogP) is 4.76. The summed E-state index contributed by atoms with van der Waals surface area (Å²) in [5.41, 5.74) is 10.4. The number of hydrogen-bond acceptors (Lipinski definition) is 9. The van der Waals surface area contributed by atoms with Crippen molar-refractivity contribution in [2.24, 2.45) is 0 Å². The van der Waals surface area contributed by atoms with E-state index in [9.17, 15) is 28.1 Å². The van der Waals surface area contributed by atoms with Gasteiger partial charge in [0.05, 0.1) is 21.1 Å². The van der Waals surface area contributed by atoms with E-state index in [2.05, 4.69) is 95.1 Å². The number of carbonyl (C=O) groups is 1. The molecule has 0 fully saturated rings. The summed E-state index contributed by atoms with van der Waals surface area (Å²) >= 11 is 0.987. The number of nitrogens with zero attached hydrogens (tertiary/aromatic N) is 2. The Kier molecular flexibility index (Phi) is 14.5. The molecule has 0 saturated carbocycles. The van der Waals surface area contributed by atoms with Crippen LogP contribution in [0.1, 0.15) is 86.8 Å². The molecule has 56 heavy (non-hydrogen) atoms. The van der Waals surface area contributed by atoms with Crippen LogP contribution in [0.25, 0.3) is 5.57 Å². The van der Waals surface area contributed by atoms with E-state index in [0.29, 0.717) is 18.8 Å². The number of benzene rings is 3. The van der Waals surface area contributed by atoms with Crippen LogP contribution in [-0.2, 0) is 30.3 Å². The molecule has 2 aliphatic heterocycles. The van der Waals surface area contributed by atoms with Gasteiger partial charge in [-0.2, -0.15) is 8.91 Å². The number of aromatic carboxylic acids is 1. The Bertz CT molecular complexity index is 2210. The maximum Gasteiger partial charge on any atom is 1.00 e. The monoisotopic (exact) mass is 806 g/mol. The molecule has 0 amide bonds. The van der Waals surface area contributed by atoms with Gasteiger partial charge in [-0.3, -0.25) is 5.04 Å². The Morgan fingerprint density at radius 3 is 2.32 bits per heavy atom. The average Bonchev–Trinajstić information content (AvgIpc) is 3.50. The van der Waals surface area contributed by atoms with Crippen LogP contribution in [0.5, 0.6) is 0 Å². The zero-order valence-electron chi connectivity index (χ0n) is 32.6. The van der Waals surface area contributed by atoms with Crippen molar-refractivity contribution < 1.29 is 71.6 Å². The second-order valence-electron chi connectivity index (χ2n) is 15.1. The van der Waals surface area contributed by atoms with Crippen molar-refractivity contribution in [1.29, 1.82) is 0 Å². The second-order valence-corrected chi connectivity index (χ2v) is 17.4. The maximum atomic E-state index is 11.8. The summed E-state index contributed by atoms with van der Waals surface area (Å²) in [5.74, 6) is -0.833. The van der Waals surface area contributed by atoms with Crippen LogP contribution in [0.3, 0.4) is 0 Å². The van der Waals surface area contributed by atoms with Gasteiger partial charge >= 0.3 is 35.5 Å². The van der Waals surface area contributed by atoms with Crippen LogP contribution in [0, 0.1) is 0 Å². The number of hydrogen-bond donors (Lipinski definition) is 1. The maximum absolute atomic E-state index is 11.8. The van der Waals surface area contributed by atoms with Crippen LogP contribution in [0.15, 0.2) is 114 Å². The van der Waals surface area contributed by atoms with Crippen molar-refractivity contribution in [1.82, 2.24) is 0 Å². The molecular weight excluding hydrogens is 760 g/mol. The molecule has 3 aromatic rings. The Morgan fingerprint density at radius 2 is 1.62 bits per heavy atom. The third-order valence-corrected chi connectivity index (χ3v) is 12.3. The van der Waals surface area contributed by atoms with E-state index in [0.717, 1.165) is 88.4 Å². The van der Waals surface area contributed by atoms with Crippen molar-refractivity contribution in [3.8, 4) is 0 Å². The number of fused-ring (bicyclic) bond motifs is 2. The molecule has 0 radical (unpaired) electrons. The Labute approximate surface area is 356 Å². The largest absolute Gasteiger partial charge is 1.00 e. The molecule has 3 aromatic carbocycles. The van der Waals surface area contributed by atoms with E-state index >= 15 is 0 Å². The molecule has 10 nitrogen and oxygen atoms in total. The van der Waals surface area contributed by atoms with Gasteiger partial charge in [-0.15, -0.1) is 0 Å². The Morgan fingerprint density at radius 1 is 0.929 bits per heavy atom. The quantitative estimate of drug-likeness (QED) is 0.0435. The molecular formula is C43H47N2NaO8S2. The summed E-state index contributed by atoms with van der Waals surface area (Å²) in [6, 6.07) is 23.6. The summed E-state index contributed by atoms with van der Waals surface area (Å²) in [6.07, 6.45) is 12.2. The first-order valence-electron chi connectivity index (χ1n) is 18.5. The first-order chi connectivity index (χ1) is 26.2. The minimum Gasteiger partial charge on any atom is -0.748 e. The van der Waals surface area contributed by atoms with E-state index in [1.54, 1.807) is 12.1 Å². The minimum atomic E-state index is -4.35. The summed E-state index contributed by atoms with van der Waals surface area (Å²) in [6.45, 7) is 9.87. The van der Waals surface area contributed by atoms with Gasteiger partial charge in [-0.05, 0) is 91.7 Å². The molecule has 6 rings (SSSR count). The number of para-hydroxylation sites is 2. The zero-order chi connectivity index (χ0) is 39.4. The van der Waals surface area contributed by atoms with Gasteiger partial charge in [-0.25, -0.2) is 13.2 Å². The molecule has 0 bridgehead atoms. The molecule has 0 atom stereocenters. The molecule has 13 heteroatoms. The number of carboxylic acids is 1. The molecule has 0 spiro atoms. The van der Waals surface area contributed by atoms with Crippen molar-refractivity contribution in [3.05, 3.63) is 136 Å². The number of rotatable bonds is 15. The average molecular weight is 807 g/mol. The predicted molar refractivity (Wildman–Crippen MR) is 214 cm³/mol. The number of anilines is 1. The third kappa shape index (κ3) is 9.52. The van der Waals surface area contributed by atoms with Gasteiger partial charge in [0.25, 0.3) is 0 Å². The van der Waals surface area contributed by atoms with Gasteiger partial charge < -0.3 is 19.8 Å². The number of allylic oxidation sites excluding steroid dienone is 8. The van der Waals surface area contributed by atoms with Gasteiger partial charge in [0.2, 0.25) is 5.69 Å². The molecule has 0 aromatic heterocycles. The van der Waals surface area contributed by atoms with Crippen molar-refractivity contribution in [2.75, 3.05) is 29.5 Å². The first-order valence-corrected chi connectivity index (χ1v) is 21.0.